The Balaban J connectivity index is 2.02. The first kappa shape index (κ1) is 23.3. The summed E-state index contributed by atoms with van der Waals surface area (Å²) >= 11 is 0. The zero-order valence-corrected chi connectivity index (χ0v) is 18.1. The van der Waals surface area contributed by atoms with Crippen LogP contribution in [0.5, 0.6) is 11.5 Å². The third kappa shape index (κ3) is 4.92. The second kappa shape index (κ2) is 10.8. The molecule has 32 heavy (non-hydrogen) atoms. The minimum absolute atomic E-state index is 0.00600. The smallest absolute Gasteiger partial charge is 0.295 e. The van der Waals surface area contributed by atoms with Gasteiger partial charge >= 0.3 is 0 Å². The van der Waals surface area contributed by atoms with Gasteiger partial charge in [0.05, 0.1) is 45.2 Å². The molecule has 170 valence electrons. The highest BCUT2D eigenvalue weighted by atomic mass is 16.5. The molecule has 0 bridgehead atoms. The van der Waals surface area contributed by atoms with E-state index in [9.17, 15) is 14.7 Å². The fourth-order valence-corrected chi connectivity index (χ4v) is 3.60. The Kier molecular flexibility index (Phi) is 7.86. The molecule has 1 amide bonds. The van der Waals surface area contributed by atoms with E-state index in [1.807, 2.05) is 6.92 Å². The first-order chi connectivity index (χ1) is 15.5. The zero-order chi connectivity index (χ0) is 23.1. The molecule has 3 rings (SSSR count). The van der Waals surface area contributed by atoms with Crippen molar-refractivity contribution in [3.05, 3.63) is 65.2 Å². The number of benzene rings is 2. The van der Waals surface area contributed by atoms with Crippen LogP contribution >= 0.6 is 0 Å². The van der Waals surface area contributed by atoms with Crippen molar-refractivity contribution in [1.82, 2.24) is 4.90 Å². The lowest BCUT2D eigenvalue weighted by Gasteiger charge is -2.25. The van der Waals surface area contributed by atoms with Gasteiger partial charge in [-0.2, -0.15) is 0 Å². The summed E-state index contributed by atoms with van der Waals surface area (Å²) in [6, 6.07) is 12.9. The number of Topliss-reactive ketones (excluding diaryl/α,β-unsaturated/α-hetero) is 1. The largest absolute Gasteiger partial charge is 0.507 e. The van der Waals surface area contributed by atoms with Gasteiger partial charge in [0.25, 0.3) is 11.7 Å². The maximum atomic E-state index is 13.0. The predicted octanol–water partition coefficient (Wildman–Crippen LogP) is 2.52. The van der Waals surface area contributed by atoms with Crippen LogP contribution in [0.1, 0.15) is 24.1 Å². The number of aliphatic hydroxyl groups is 2. The van der Waals surface area contributed by atoms with Gasteiger partial charge in [0.1, 0.15) is 17.3 Å². The minimum atomic E-state index is -0.787. The predicted molar refractivity (Wildman–Crippen MR) is 118 cm³/mol. The van der Waals surface area contributed by atoms with Crippen LogP contribution in [0.3, 0.4) is 0 Å². The normalized spacial score (nSPS) is 17.6. The number of aliphatic hydroxyl groups excluding tert-OH is 2. The van der Waals surface area contributed by atoms with Crippen LogP contribution in [-0.2, 0) is 14.3 Å². The van der Waals surface area contributed by atoms with E-state index < -0.39 is 17.7 Å². The number of ketones is 1. The van der Waals surface area contributed by atoms with Gasteiger partial charge in [0.15, 0.2) is 0 Å². The van der Waals surface area contributed by atoms with E-state index in [1.165, 1.54) is 4.90 Å². The summed E-state index contributed by atoms with van der Waals surface area (Å²) in [5.74, 6) is -0.475. The molecule has 8 nitrogen and oxygen atoms in total. The summed E-state index contributed by atoms with van der Waals surface area (Å²) in [6.07, 6.45) is 0. The molecule has 1 fully saturated rings. The average Bonchev–Trinajstić information content (AvgIpc) is 3.07. The van der Waals surface area contributed by atoms with Crippen molar-refractivity contribution in [2.75, 3.05) is 40.1 Å². The van der Waals surface area contributed by atoms with Crippen LogP contribution in [0.15, 0.2) is 54.1 Å². The third-order valence-electron chi connectivity index (χ3n) is 5.12. The van der Waals surface area contributed by atoms with Gasteiger partial charge in [0.2, 0.25) is 0 Å². The number of likely N-dealkylation sites (tertiary alicyclic amines) is 1. The highest BCUT2D eigenvalue weighted by Crippen LogP contribution is 2.39. The van der Waals surface area contributed by atoms with Crippen LogP contribution in [-0.4, -0.2) is 66.9 Å². The van der Waals surface area contributed by atoms with E-state index in [2.05, 4.69) is 0 Å². The molecule has 1 saturated heterocycles. The Morgan fingerprint density at radius 1 is 1.00 bits per heavy atom. The van der Waals surface area contributed by atoms with Crippen LogP contribution in [0.4, 0.5) is 0 Å². The van der Waals surface area contributed by atoms with E-state index in [4.69, 9.17) is 19.3 Å². The van der Waals surface area contributed by atoms with Crippen molar-refractivity contribution in [3.8, 4) is 11.5 Å². The third-order valence-corrected chi connectivity index (χ3v) is 5.12. The van der Waals surface area contributed by atoms with Gasteiger partial charge in [-0.05, 0) is 48.9 Å². The van der Waals surface area contributed by atoms with Crippen molar-refractivity contribution < 1.29 is 34.0 Å². The van der Waals surface area contributed by atoms with E-state index in [1.54, 1.807) is 55.6 Å². The molecule has 0 spiro atoms. The van der Waals surface area contributed by atoms with E-state index in [-0.39, 0.29) is 37.7 Å². The molecular weight excluding hydrogens is 414 g/mol. The van der Waals surface area contributed by atoms with Gasteiger partial charge in [-0.1, -0.05) is 12.1 Å². The lowest BCUT2D eigenvalue weighted by molar-refractivity contribution is -0.140. The number of hydrogen-bond acceptors (Lipinski definition) is 7. The summed E-state index contributed by atoms with van der Waals surface area (Å²) in [4.78, 5) is 27.2. The molecule has 1 aliphatic heterocycles. The molecule has 1 aliphatic rings. The molecule has 2 aromatic rings. The Hall–Kier alpha value is -3.36. The molecule has 0 saturated carbocycles. The lowest BCUT2D eigenvalue weighted by atomic mass is 9.95. The number of nitrogens with zero attached hydrogens (tertiary/aromatic N) is 1. The number of hydrogen-bond donors (Lipinski definition) is 2. The van der Waals surface area contributed by atoms with E-state index in [0.29, 0.717) is 29.2 Å². The zero-order valence-electron chi connectivity index (χ0n) is 18.1. The number of rotatable bonds is 10. The monoisotopic (exact) mass is 441 g/mol. The van der Waals surface area contributed by atoms with Gasteiger partial charge in [-0.3, -0.25) is 9.59 Å². The fourth-order valence-electron chi connectivity index (χ4n) is 3.60. The highest BCUT2D eigenvalue weighted by Gasteiger charge is 2.45. The summed E-state index contributed by atoms with van der Waals surface area (Å²) in [5, 5.41) is 19.9. The van der Waals surface area contributed by atoms with Gasteiger partial charge in [0, 0.05) is 12.1 Å². The van der Waals surface area contributed by atoms with E-state index >= 15 is 0 Å². The molecule has 1 atom stereocenters. The standard InChI is InChI=1S/C24H27NO7/c1-3-32-19-10-6-17(7-11-19)22(27)20-21(16-4-8-18(30-2)9-5-16)25(24(29)23(20)28)12-14-31-15-13-26/h4-11,21,26-27H,3,12-15H2,1-2H3/b22-20+/t21-/m1/s1. The Morgan fingerprint density at radius 2 is 1.66 bits per heavy atom. The molecule has 0 aliphatic carbocycles. The van der Waals surface area contributed by atoms with Crippen LogP contribution < -0.4 is 9.47 Å². The average molecular weight is 441 g/mol. The summed E-state index contributed by atoms with van der Waals surface area (Å²) < 4.78 is 15.9. The lowest BCUT2D eigenvalue weighted by Crippen LogP contribution is -2.33. The SMILES string of the molecule is CCOc1ccc(/C(O)=C2\C(=O)C(=O)N(CCOCCO)[C@@H]2c2ccc(OC)cc2)cc1. The van der Waals surface area contributed by atoms with Crippen molar-refractivity contribution in [1.29, 1.82) is 0 Å². The van der Waals surface area contributed by atoms with Crippen LogP contribution in [0.2, 0.25) is 0 Å². The molecule has 8 heteroatoms. The fraction of sp³-hybridized carbons (Fsp3) is 0.333. The number of methoxy groups -OCH3 is 1. The number of carbonyl (C=O) groups is 2. The molecule has 1 heterocycles. The molecular formula is C24H27NO7. The maximum Gasteiger partial charge on any atom is 0.295 e. The summed E-state index contributed by atoms with van der Waals surface area (Å²) in [6.45, 7) is 2.63. The van der Waals surface area contributed by atoms with Gasteiger partial charge < -0.3 is 29.3 Å². The highest BCUT2D eigenvalue weighted by molar-refractivity contribution is 6.46. The van der Waals surface area contributed by atoms with Crippen molar-refractivity contribution in [2.24, 2.45) is 0 Å². The Morgan fingerprint density at radius 3 is 2.25 bits per heavy atom. The Labute approximate surface area is 186 Å². The molecule has 0 aromatic heterocycles. The molecule has 2 aromatic carbocycles. The van der Waals surface area contributed by atoms with E-state index in [0.717, 1.165) is 0 Å². The number of carbonyl (C=O) groups excluding carboxylic acids is 2. The molecule has 0 unspecified atom stereocenters. The summed E-state index contributed by atoms with van der Waals surface area (Å²) in [7, 11) is 1.55. The quantitative estimate of drug-likeness (QED) is 0.253. The first-order valence-electron chi connectivity index (χ1n) is 10.4. The second-order valence-corrected chi connectivity index (χ2v) is 7.06. The summed E-state index contributed by atoms with van der Waals surface area (Å²) in [5.41, 5.74) is 1.06. The first-order valence-corrected chi connectivity index (χ1v) is 10.4. The topological polar surface area (TPSA) is 106 Å². The van der Waals surface area contributed by atoms with Gasteiger partial charge in [-0.15, -0.1) is 0 Å². The maximum absolute atomic E-state index is 13.0. The number of ether oxygens (including phenoxy) is 3. The second-order valence-electron chi connectivity index (χ2n) is 7.06. The molecule has 2 N–H and O–H groups in total. The minimum Gasteiger partial charge on any atom is -0.507 e. The Bertz CT molecular complexity index is 967. The van der Waals surface area contributed by atoms with Crippen molar-refractivity contribution >= 4 is 17.4 Å². The van der Waals surface area contributed by atoms with Crippen LogP contribution in [0.25, 0.3) is 5.76 Å². The molecule has 0 radical (unpaired) electrons. The van der Waals surface area contributed by atoms with Crippen molar-refractivity contribution in [3.63, 3.8) is 0 Å². The van der Waals surface area contributed by atoms with Crippen molar-refractivity contribution in [2.45, 2.75) is 13.0 Å². The van der Waals surface area contributed by atoms with Crippen LogP contribution in [0, 0.1) is 0 Å². The van der Waals surface area contributed by atoms with Gasteiger partial charge in [-0.25, -0.2) is 0 Å². The number of amides is 1.